The first-order chi connectivity index (χ1) is 8.03. The second-order valence-corrected chi connectivity index (χ2v) is 7.76. The molecule has 2 unspecified atom stereocenters. The maximum absolute atomic E-state index is 12.0. The molecule has 18 heavy (non-hydrogen) atoms. The zero-order valence-electron chi connectivity index (χ0n) is 12.2. The van der Waals surface area contributed by atoms with E-state index in [1.807, 2.05) is 13.8 Å². The van der Waals surface area contributed by atoms with Crippen molar-refractivity contribution < 1.29 is 13.2 Å². The molecule has 108 valence electrons. The fourth-order valence-corrected chi connectivity index (χ4v) is 2.87. The van der Waals surface area contributed by atoms with Gasteiger partial charge in [0, 0.05) is 26.4 Å². The van der Waals surface area contributed by atoms with Crippen LogP contribution in [0.15, 0.2) is 0 Å². The maximum atomic E-state index is 12.0. The molecule has 0 aliphatic carbocycles. The normalized spacial score (nSPS) is 15.5. The molecule has 6 heteroatoms. The average Bonchev–Trinajstić information content (AvgIpc) is 2.11. The molecule has 0 fully saturated rings. The van der Waals surface area contributed by atoms with Crippen molar-refractivity contribution in [2.45, 2.75) is 39.3 Å². The van der Waals surface area contributed by atoms with Crippen molar-refractivity contribution in [3.8, 4) is 0 Å². The van der Waals surface area contributed by atoms with Crippen molar-refractivity contribution in [3.63, 3.8) is 0 Å². The lowest BCUT2D eigenvalue weighted by Gasteiger charge is -2.26. The summed E-state index contributed by atoms with van der Waals surface area (Å²) in [5, 5.41) is 3.12. The topological polar surface area (TPSA) is 66.5 Å². The summed E-state index contributed by atoms with van der Waals surface area (Å²) in [5.41, 5.74) is 0. The Kier molecular flexibility index (Phi) is 6.84. The fourth-order valence-electron chi connectivity index (χ4n) is 1.87. The van der Waals surface area contributed by atoms with Crippen LogP contribution in [0.25, 0.3) is 0 Å². The number of amides is 1. The minimum absolute atomic E-state index is 0.0101. The monoisotopic (exact) mass is 278 g/mol. The van der Waals surface area contributed by atoms with Gasteiger partial charge in [0.2, 0.25) is 5.91 Å². The molecule has 0 aliphatic heterocycles. The third kappa shape index (κ3) is 7.66. The van der Waals surface area contributed by atoms with Gasteiger partial charge in [-0.05, 0) is 19.3 Å². The minimum atomic E-state index is -3.03. The number of hydrogen-bond acceptors (Lipinski definition) is 4. The highest BCUT2D eigenvalue weighted by Gasteiger charge is 2.24. The summed E-state index contributed by atoms with van der Waals surface area (Å²) in [5.74, 6) is 0.406. The fraction of sp³-hybridized carbons (Fsp3) is 0.917. The van der Waals surface area contributed by atoms with Crippen molar-refractivity contribution in [3.05, 3.63) is 0 Å². The van der Waals surface area contributed by atoms with Gasteiger partial charge >= 0.3 is 0 Å². The van der Waals surface area contributed by atoms with Crippen LogP contribution >= 0.6 is 0 Å². The Labute approximate surface area is 111 Å². The van der Waals surface area contributed by atoms with Crippen LogP contribution in [0, 0.1) is 5.92 Å². The van der Waals surface area contributed by atoms with Crippen molar-refractivity contribution in [1.82, 2.24) is 10.2 Å². The van der Waals surface area contributed by atoms with E-state index in [2.05, 4.69) is 5.32 Å². The molecule has 1 amide bonds. The minimum Gasteiger partial charge on any atom is -0.347 e. The number of rotatable bonds is 7. The summed E-state index contributed by atoms with van der Waals surface area (Å²) in [4.78, 5) is 13.5. The number of carbonyl (C=O) groups is 1. The molecule has 0 bridgehead atoms. The van der Waals surface area contributed by atoms with E-state index in [1.54, 1.807) is 21.0 Å². The van der Waals surface area contributed by atoms with Crippen LogP contribution in [0.4, 0.5) is 0 Å². The predicted molar refractivity (Wildman–Crippen MR) is 74.2 cm³/mol. The standard InChI is InChI=1S/C12H26N2O3S/c1-9(2)7-11(12(15)14(4)5)13-10(3)8-18(6,16)17/h9-11,13H,7-8H2,1-6H3. The van der Waals surface area contributed by atoms with Crippen molar-refractivity contribution >= 4 is 15.7 Å². The molecule has 5 nitrogen and oxygen atoms in total. The van der Waals surface area contributed by atoms with E-state index in [4.69, 9.17) is 0 Å². The lowest BCUT2D eigenvalue weighted by Crippen LogP contribution is -2.49. The molecule has 2 atom stereocenters. The molecule has 0 aliphatic rings. The molecule has 0 heterocycles. The van der Waals surface area contributed by atoms with Crippen LogP contribution in [0.1, 0.15) is 27.2 Å². The van der Waals surface area contributed by atoms with Crippen LogP contribution in [0.5, 0.6) is 0 Å². The van der Waals surface area contributed by atoms with Crippen LogP contribution in [-0.4, -0.2) is 57.4 Å². The lowest BCUT2D eigenvalue weighted by atomic mass is 10.0. The van der Waals surface area contributed by atoms with E-state index in [9.17, 15) is 13.2 Å². The molecule has 0 spiro atoms. The van der Waals surface area contributed by atoms with Gasteiger partial charge in [0.25, 0.3) is 0 Å². The Morgan fingerprint density at radius 1 is 1.22 bits per heavy atom. The highest BCUT2D eigenvalue weighted by atomic mass is 32.2. The molecule has 0 aromatic heterocycles. The number of nitrogens with zero attached hydrogens (tertiary/aromatic N) is 1. The van der Waals surface area contributed by atoms with Gasteiger partial charge in [-0.15, -0.1) is 0 Å². The zero-order chi connectivity index (χ0) is 14.5. The summed E-state index contributed by atoms with van der Waals surface area (Å²) in [6.45, 7) is 5.87. The van der Waals surface area contributed by atoms with Crippen molar-refractivity contribution in [1.29, 1.82) is 0 Å². The van der Waals surface area contributed by atoms with Crippen LogP contribution < -0.4 is 5.32 Å². The third-order valence-electron chi connectivity index (χ3n) is 2.48. The second kappa shape index (κ2) is 7.09. The highest BCUT2D eigenvalue weighted by molar-refractivity contribution is 7.90. The Morgan fingerprint density at radius 3 is 2.06 bits per heavy atom. The Hall–Kier alpha value is -0.620. The van der Waals surface area contributed by atoms with Gasteiger partial charge in [-0.2, -0.15) is 0 Å². The molecule has 0 radical (unpaired) electrons. The molecule has 0 aromatic rings. The summed E-state index contributed by atoms with van der Waals surface area (Å²) >= 11 is 0. The number of sulfone groups is 1. The van der Waals surface area contributed by atoms with Gasteiger partial charge in [-0.3, -0.25) is 4.79 Å². The van der Waals surface area contributed by atoms with Gasteiger partial charge in [-0.25, -0.2) is 8.42 Å². The summed E-state index contributed by atoms with van der Waals surface area (Å²) < 4.78 is 22.4. The van der Waals surface area contributed by atoms with Crippen LogP contribution in [-0.2, 0) is 14.6 Å². The Balaban J connectivity index is 4.64. The van der Waals surface area contributed by atoms with Crippen molar-refractivity contribution in [2.75, 3.05) is 26.1 Å². The van der Waals surface area contributed by atoms with Gasteiger partial charge in [-0.1, -0.05) is 13.8 Å². The summed E-state index contributed by atoms with van der Waals surface area (Å²) in [7, 11) is 0.383. The first-order valence-corrected chi connectivity index (χ1v) is 8.24. The Bertz CT molecular complexity index is 364. The number of likely N-dealkylation sites (N-methyl/N-ethyl adjacent to an activating group) is 1. The first kappa shape index (κ1) is 17.4. The largest absolute Gasteiger partial charge is 0.347 e. The Morgan fingerprint density at radius 2 is 1.72 bits per heavy atom. The van der Waals surface area contributed by atoms with Gasteiger partial charge < -0.3 is 10.2 Å². The van der Waals surface area contributed by atoms with E-state index in [-0.39, 0.29) is 23.7 Å². The molecular formula is C12H26N2O3S. The third-order valence-corrected chi connectivity index (χ3v) is 3.59. The lowest BCUT2D eigenvalue weighted by molar-refractivity contribution is -0.131. The second-order valence-electron chi connectivity index (χ2n) is 5.57. The zero-order valence-corrected chi connectivity index (χ0v) is 13.0. The molecular weight excluding hydrogens is 252 g/mol. The van der Waals surface area contributed by atoms with Crippen molar-refractivity contribution in [2.24, 2.45) is 5.92 Å². The number of carbonyl (C=O) groups excluding carboxylic acids is 1. The van der Waals surface area contributed by atoms with E-state index in [0.717, 1.165) is 0 Å². The smallest absolute Gasteiger partial charge is 0.239 e. The summed E-state index contributed by atoms with van der Waals surface area (Å²) in [6.07, 6.45) is 1.90. The molecule has 0 saturated carbocycles. The highest BCUT2D eigenvalue weighted by Crippen LogP contribution is 2.08. The van der Waals surface area contributed by atoms with Gasteiger partial charge in [0.05, 0.1) is 11.8 Å². The van der Waals surface area contributed by atoms with Gasteiger partial charge in [0.1, 0.15) is 9.84 Å². The van der Waals surface area contributed by atoms with Gasteiger partial charge in [0.15, 0.2) is 0 Å². The van der Waals surface area contributed by atoms with E-state index in [0.29, 0.717) is 12.3 Å². The van der Waals surface area contributed by atoms with Crippen LogP contribution in [0.2, 0.25) is 0 Å². The van der Waals surface area contributed by atoms with E-state index >= 15 is 0 Å². The predicted octanol–water partition coefficient (Wildman–Crippen LogP) is 0.512. The number of hydrogen-bond donors (Lipinski definition) is 1. The molecule has 0 saturated heterocycles. The molecule has 0 rings (SSSR count). The molecule has 1 N–H and O–H groups in total. The van der Waals surface area contributed by atoms with E-state index < -0.39 is 9.84 Å². The number of nitrogens with one attached hydrogen (secondary N) is 1. The van der Waals surface area contributed by atoms with Crippen LogP contribution in [0.3, 0.4) is 0 Å². The maximum Gasteiger partial charge on any atom is 0.239 e. The summed E-state index contributed by atoms with van der Waals surface area (Å²) in [6, 6.07) is -0.551. The SMILES string of the molecule is CC(C)CC(NC(C)CS(C)(=O)=O)C(=O)N(C)C. The quantitative estimate of drug-likeness (QED) is 0.737. The first-order valence-electron chi connectivity index (χ1n) is 6.18. The molecule has 0 aromatic carbocycles. The van der Waals surface area contributed by atoms with E-state index in [1.165, 1.54) is 11.2 Å². The average molecular weight is 278 g/mol.